The van der Waals surface area contributed by atoms with Gasteiger partial charge in [0.15, 0.2) is 0 Å². The zero-order chi connectivity index (χ0) is 18.6. The third-order valence-electron chi connectivity index (χ3n) is 3.64. The topological polar surface area (TPSA) is 86.1 Å². The number of hydrogen-bond acceptors (Lipinski definition) is 6. The summed E-state index contributed by atoms with van der Waals surface area (Å²) in [5.74, 6) is -0.415. The van der Waals surface area contributed by atoms with Gasteiger partial charge in [-0.1, -0.05) is 6.07 Å². The zero-order valence-electron chi connectivity index (χ0n) is 14.5. The van der Waals surface area contributed by atoms with E-state index >= 15 is 0 Å². The third kappa shape index (κ3) is 4.06. The molecule has 1 aromatic carbocycles. The lowest BCUT2D eigenvalue weighted by Crippen LogP contribution is -2.26. The van der Waals surface area contributed by atoms with Crippen LogP contribution in [0.1, 0.15) is 42.6 Å². The van der Waals surface area contributed by atoms with E-state index in [9.17, 15) is 14.4 Å². The number of methoxy groups -OCH3 is 2. The first-order valence-electron chi connectivity index (χ1n) is 7.48. The second-order valence-electron chi connectivity index (χ2n) is 5.41. The molecule has 0 unspecified atom stereocenters. The first kappa shape index (κ1) is 18.3. The fourth-order valence-electron chi connectivity index (χ4n) is 2.36. The number of benzene rings is 1. The molecule has 0 aliphatic heterocycles. The summed E-state index contributed by atoms with van der Waals surface area (Å²) in [5.41, 5.74) is 0.969. The van der Waals surface area contributed by atoms with Crippen molar-refractivity contribution in [2.75, 3.05) is 21.3 Å². The summed E-state index contributed by atoms with van der Waals surface area (Å²) >= 11 is 0. The van der Waals surface area contributed by atoms with E-state index in [1.807, 2.05) is 0 Å². The fraction of sp³-hybridized carbons (Fsp3) is 0.278. The van der Waals surface area contributed by atoms with Gasteiger partial charge in [0.1, 0.15) is 17.1 Å². The molecule has 1 amide bonds. The van der Waals surface area contributed by atoms with E-state index in [1.165, 1.54) is 25.2 Å². The maximum atomic E-state index is 12.5. The first-order chi connectivity index (χ1) is 11.9. The Morgan fingerprint density at radius 2 is 1.68 bits per heavy atom. The minimum atomic E-state index is -0.512. The highest BCUT2D eigenvalue weighted by Gasteiger charge is 2.19. The summed E-state index contributed by atoms with van der Waals surface area (Å²) in [6, 6.07) is 7.81. The SMILES string of the molecule is COC(=O)c1cccc(C(=O)N(C)Cc2cc(C(=O)OC)c(C)o2)c1. The molecule has 0 saturated heterocycles. The van der Waals surface area contributed by atoms with Crippen LogP contribution in [-0.2, 0) is 16.0 Å². The lowest BCUT2D eigenvalue weighted by Gasteiger charge is -2.16. The number of carbonyl (C=O) groups excluding carboxylic acids is 3. The van der Waals surface area contributed by atoms with Gasteiger partial charge in [0, 0.05) is 12.6 Å². The van der Waals surface area contributed by atoms with E-state index < -0.39 is 11.9 Å². The highest BCUT2D eigenvalue weighted by atomic mass is 16.5. The minimum Gasteiger partial charge on any atom is -0.465 e. The number of furan rings is 1. The Morgan fingerprint density at radius 1 is 1.04 bits per heavy atom. The summed E-state index contributed by atoms with van der Waals surface area (Å²) in [7, 11) is 4.17. The van der Waals surface area contributed by atoms with Crippen LogP contribution in [0.25, 0.3) is 0 Å². The number of carbonyl (C=O) groups is 3. The molecule has 1 aromatic heterocycles. The molecule has 7 heteroatoms. The lowest BCUT2D eigenvalue weighted by molar-refractivity contribution is 0.0590. The summed E-state index contributed by atoms with van der Waals surface area (Å²) in [4.78, 5) is 37.1. The van der Waals surface area contributed by atoms with Crippen LogP contribution in [0.15, 0.2) is 34.7 Å². The molecule has 0 bridgehead atoms. The van der Waals surface area contributed by atoms with Crippen molar-refractivity contribution in [1.29, 1.82) is 0 Å². The number of ether oxygens (including phenoxy) is 2. The molecule has 7 nitrogen and oxygen atoms in total. The molecule has 0 spiro atoms. The van der Waals surface area contributed by atoms with Gasteiger partial charge in [-0.05, 0) is 31.2 Å². The second kappa shape index (κ2) is 7.65. The Labute approximate surface area is 145 Å². The smallest absolute Gasteiger partial charge is 0.341 e. The molecule has 0 saturated carbocycles. The average Bonchev–Trinajstić information content (AvgIpc) is 2.99. The highest BCUT2D eigenvalue weighted by molar-refractivity contribution is 5.97. The van der Waals surface area contributed by atoms with Gasteiger partial charge in [-0.2, -0.15) is 0 Å². The largest absolute Gasteiger partial charge is 0.465 e. The van der Waals surface area contributed by atoms with Gasteiger partial charge in [0.2, 0.25) is 0 Å². The van der Waals surface area contributed by atoms with E-state index in [4.69, 9.17) is 4.42 Å². The predicted molar refractivity (Wildman–Crippen MR) is 88.4 cm³/mol. The maximum absolute atomic E-state index is 12.5. The van der Waals surface area contributed by atoms with Gasteiger partial charge in [-0.15, -0.1) is 0 Å². The van der Waals surface area contributed by atoms with E-state index in [-0.39, 0.29) is 12.5 Å². The van der Waals surface area contributed by atoms with Crippen molar-refractivity contribution < 1.29 is 28.3 Å². The van der Waals surface area contributed by atoms with Crippen molar-refractivity contribution in [3.8, 4) is 0 Å². The van der Waals surface area contributed by atoms with Gasteiger partial charge >= 0.3 is 11.9 Å². The summed E-state index contributed by atoms with van der Waals surface area (Å²) < 4.78 is 14.8. The van der Waals surface area contributed by atoms with Crippen LogP contribution in [0.2, 0.25) is 0 Å². The van der Waals surface area contributed by atoms with Gasteiger partial charge in [0.05, 0.1) is 26.3 Å². The molecule has 0 aliphatic rings. The lowest BCUT2D eigenvalue weighted by atomic mass is 10.1. The molecule has 1 heterocycles. The van der Waals surface area contributed by atoms with Crippen molar-refractivity contribution in [2.24, 2.45) is 0 Å². The molecule has 2 aromatic rings. The van der Waals surface area contributed by atoms with Crippen LogP contribution in [0.4, 0.5) is 0 Å². The molecule has 132 valence electrons. The number of nitrogens with zero attached hydrogens (tertiary/aromatic N) is 1. The van der Waals surface area contributed by atoms with Crippen molar-refractivity contribution >= 4 is 17.8 Å². The van der Waals surface area contributed by atoms with Crippen LogP contribution in [0, 0.1) is 6.92 Å². The predicted octanol–water partition coefficient (Wildman–Crippen LogP) is 2.43. The Bertz CT molecular complexity index is 808. The monoisotopic (exact) mass is 345 g/mol. The molecule has 0 fully saturated rings. The molecule has 0 N–H and O–H groups in total. The molecular weight excluding hydrogens is 326 g/mol. The summed E-state index contributed by atoms with van der Waals surface area (Å²) in [6.45, 7) is 1.82. The van der Waals surface area contributed by atoms with E-state index in [2.05, 4.69) is 9.47 Å². The summed E-state index contributed by atoms with van der Waals surface area (Å²) in [6.07, 6.45) is 0. The number of aryl methyl sites for hydroxylation is 1. The van der Waals surface area contributed by atoms with Gasteiger partial charge in [-0.25, -0.2) is 9.59 Å². The molecule has 0 atom stereocenters. The van der Waals surface area contributed by atoms with Crippen LogP contribution in [-0.4, -0.2) is 44.0 Å². The zero-order valence-corrected chi connectivity index (χ0v) is 14.5. The average molecular weight is 345 g/mol. The standard InChI is InChI=1S/C18H19NO6/c1-11-15(18(22)24-4)9-14(25-11)10-19(2)16(20)12-6-5-7-13(8-12)17(21)23-3/h5-9H,10H2,1-4H3. The van der Waals surface area contributed by atoms with E-state index in [1.54, 1.807) is 38.2 Å². The molecule has 0 radical (unpaired) electrons. The van der Waals surface area contributed by atoms with Crippen LogP contribution in [0.3, 0.4) is 0 Å². The van der Waals surface area contributed by atoms with Crippen molar-refractivity contribution in [3.05, 3.63) is 58.5 Å². The van der Waals surface area contributed by atoms with Crippen LogP contribution >= 0.6 is 0 Å². The third-order valence-corrected chi connectivity index (χ3v) is 3.64. The number of hydrogen-bond donors (Lipinski definition) is 0. The Hall–Kier alpha value is -3.09. The quantitative estimate of drug-likeness (QED) is 0.774. The highest BCUT2D eigenvalue weighted by Crippen LogP contribution is 2.18. The number of esters is 2. The first-order valence-corrected chi connectivity index (χ1v) is 7.48. The van der Waals surface area contributed by atoms with E-state index in [0.717, 1.165) is 0 Å². The maximum Gasteiger partial charge on any atom is 0.341 e. The van der Waals surface area contributed by atoms with E-state index in [0.29, 0.717) is 28.2 Å². The summed E-state index contributed by atoms with van der Waals surface area (Å²) in [5, 5.41) is 0. The van der Waals surface area contributed by atoms with Crippen molar-refractivity contribution in [2.45, 2.75) is 13.5 Å². The number of amides is 1. The molecule has 25 heavy (non-hydrogen) atoms. The second-order valence-corrected chi connectivity index (χ2v) is 5.41. The van der Waals surface area contributed by atoms with Crippen molar-refractivity contribution in [1.82, 2.24) is 4.90 Å². The van der Waals surface area contributed by atoms with Gasteiger partial charge in [0.25, 0.3) is 5.91 Å². The van der Waals surface area contributed by atoms with Gasteiger partial charge < -0.3 is 18.8 Å². The Balaban J connectivity index is 2.16. The minimum absolute atomic E-state index is 0.166. The normalized spacial score (nSPS) is 10.2. The van der Waals surface area contributed by atoms with Crippen molar-refractivity contribution in [3.63, 3.8) is 0 Å². The number of rotatable bonds is 5. The Kier molecular flexibility index (Phi) is 5.59. The van der Waals surface area contributed by atoms with Gasteiger partial charge in [-0.3, -0.25) is 4.79 Å². The van der Waals surface area contributed by atoms with Crippen LogP contribution < -0.4 is 0 Å². The fourth-order valence-corrected chi connectivity index (χ4v) is 2.36. The molecule has 2 rings (SSSR count). The molecular formula is C18H19NO6. The molecule has 0 aliphatic carbocycles. The van der Waals surface area contributed by atoms with Crippen LogP contribution in [0.5, 0.6) is 0 Å². The Morgan fingerprint density at radius 3 is 2.32 bits per heavy atom.